The van der Waals surface area contributed by atoms with Gasteiger partial charge in [0.2, 0.25) is 0 Å². The van der Waals surface area contributed by atoms with E-state index in [0.717, 1.165) is 11.0 Å². The van der Waals surface area contributed by atoms with Crippen LogP contribution in [-0.4, -0.2) is 43.0 Å². The van der Waals surface area contributed by atoms with Crippen LogP contribution >= 0.6 is 27.5 Å². The van der Waals surface area contributed by atoms with Gasteiger partial charge in [-0.15, -0.1) is 0 Å². The number of aromatic nitrogens is 1. The molecule has 0 saturated carbocycles. The molecule has 0 aliphatic heterocycles. The van der Waals surface area contributed by atoms with Crippen molar-refractivity contribution in [3.05, 3.63) is 51.7 Å². The Morgan fingerprint density at radius 2 is 2.13 bits per heavy atom. The number of pyridine rings is 1. The number of anilines is 1. The number of likely N-dealkylation sites (N-methyl/N-ethyl adjacent to an activating group) is 1. The summed E-state index contributed by atoms with van der Waals surface area (Å²) in [4.78, 5) is 18.1. The molecular formula is C16H17BrClN3O2. The number of nitrogens with zero attached hydrogens (tertiary/aromatic N) is 2. The van der Waals surface area contributed by atoms with Crippen LogP contribution in [-0.2, 0) is 0 Å². The molecule has 0 radical (unpaired) electrons. The first-order valence-electron chi connectivity index (χ1n) is 6.94. The molecule has 1 N–H and O–H groups in total. The highest BCUT2D eigenvalue weighted by molar-refractivity contribution is 9.10. The summed E-state index contributed by atoms with van der Waals surface area (Å²) in [5.74, 6) is 0.340. The third-order valence-corrected chi connectivity index (χ3v) is 3.68. The number of hydrogen-bond donors (Lipinski definition) is 1. The molecule has 122 valence electrons. The van der Waals surface area contributed by atoms with E-state index in [1.165, 1.54) is 6.20 Å². The number of carbonyl (C=O) groups is 1. The maximum Gasteiger partial charge on any atom is 0.257 e. The maximum atomic E-state index is 12.2. The lowest BCUT2D eigenvalue weighted by Gasteiger charge is -2.13. The normalized spacial score (nSPS) is 10.7. The number of ether oxygens (including phenoxy) is 1. The summed E-state index contributed by atoms with van der Waals surface area (Å²) in [6, 6.07) is 6.85. The molecule has 0 saturated heterocycles. The van der Waals surface area contributed by atoms with Gasteiger partial charge < -0.3 is 15.0 Å². The van der Waals surface area contributed by atoms with Crippen LogP contribution < -0.4 is 10.1 Å². The van der Waals surface area contributed by atoms with Crippen molar-refractivity contribution in [1.82, 2.24) is 9.88 Å². The Morgan fingerprint density at radius 1 is 1.35 bits per heavy atom. The van der Waals surface area contributed by atoms with Gasteiger partial charge in [0, 0.05) is 29.1 Å². The predicted octanol–water partition coefficient (Wildman–Crippen LogP) is 3.69. The van der Waals surface area contributed by atoms with E-state index in [0.29, 0.717) is 28.6 Å². The van der Waals surface area contributed by atoms with Crippen LogP contribution in [0.4, 0.5) is 5.69 Å². The Kier molecular flexibility index (Phi) is 6.38. The van der Waals surface area contributed by atoms with E-state index in [2.05, 4.69) is 26.2 Å². The standard InChI is InChI=1S/C16H17BrClN3O2/c1-21(2)5-6-23-15-4-3-13(8-14(15)18)20-16(22)11-7-12(17)10-19-9-11/h3-4,7-10H,5-6H2,1-2H3,(H,20,22). The summed E-state index contributed by atoms with van der Waals surface area (Å²) in [5.41, 5.74) is 1.06. The molecule has 5 nitrogen and oxygen atoms in total. The zero-order chi connectivity index (χ0) is 16.8. The van der Waals surface area contributed by atoms with Crippen LogP contribution in [0.25, 0.3) is 0 Å². The van der Waals surface area contributed by atoms with Crippen LogP contribution in [0.3, 0.4) is 0 Å². The van der Waals surface area contributed by atoms with Crippen molar-refractivity contribution in [3.8, 4) is 5.75 Å². The van der Waals surface area contributed by atoms with Crippen LogP contribution in [0.2, 0.25) is 5.02 Å². The lowest BCUT2D eigenvalue weighted by Crippen LogP contribution is -2.19. The second-order valence-electron chi connectivity index (χ2n) is 5.14. The van der Waals surface area contributed by atoms with E-state index in [4.69, 9.17) is 16.3 Å². The van der Waals surface area contributed by atoms with Crippen LogP contribution in [0.5, 0.6) is 5.75 Å². The lowest BCUT2D eigenvalue weighted by atomic mass is 10.2. The summed E-state index contributed by atoms with van der Waals surface area (Å²) in [7, 11) is 3.95. The van der Waals surface area contributed by atoms with Crippen molar-refractivity contribution in [3.63, 3.8) is 0 Å². The number of halogens is 2. The van der Waals surface area contributed by atoms with Gasteiger partial charge in [0.15, 0.2) is 0 Å². The number of benzene rings is 1. The minimum absolute atomic E-state index is 0.254. The van der Waals surface area contributed by atoms with Crippen molar-refractivity contribution in [2.24, 2.45) is 0 Å². The number of nitrogens with one attached hydrogen (secondary N) is 1. The molecule has 0 aliphatic rings. The summed E-state index contributed by atoms with van der Waals surface area (Å²) >= 11 is 9.48. The third kappa shape index (κ3) is 5.49. The zero-order valence-corrected chi connectivity index (χ0v) is 15.2. The van der Waals surface area contributed by atoms with Gasteiger partial charge in [0.05, 0.1) is 10.6 Å². The van der Waals surface area contributed by atoms with Gasteiger partial charge in [0.1, 0.15) is 12.4 Å². The zero-order valence-electron chi connectivity index (χ0n) is 12.8. The summed E-state index contributed by atoms with van der Waals surface area (Å²) in [5, 5.41) is 3.23. The molecule has 0 fully saturated rings. The van der Waals surface area contributed by atoms with Crippen molar-refractivity contribution in [2.45, 2.75) is 0 Å². The van der Waals surface area contributed by atoms with Gasteiger partial charge in [0.25, 0.3) is 5.91 Å². The van der Waals surface area contributed by atoms with Crippen molar-refractivity contribution in [2.75, 3.05) is 32.6 Å². The molecule has 2 aromatic rings. The molecule has 1 aromatic carbocycles. The number of hydrogen-bond acceptors (Lipinski definition) is 4. The highest BCUT2D eigenvalue weighted by atomic mass is 79.9. The molecule has 1 heterocycles. The largest absolute Gasteiger partial charge is 0.491 e. The Morgan fingerprint density at radius 3 is 2.78 bits per heavy atom. The smallest absolute Gasteiger partial charge is 0.257 e. The second kappa shape index (κ2) is 8.29. The molecular weight excluding hydrogens is 382 g/mol. The van der Waals surface area contributed by atoms with Gasteiger partial charge in [-0.1, -0.05) is 11.6 Å². The van der Waals surface area contributed by atoms with Gasteiger partial charge >= 0.3 is 0 Å². The summed E-state index contributed by atoms with van der Waals surface area (Å²) in [6.45, 7) is 1.34. The molecule has 0 unspecified atom stereocenters. The maximum absolute atomic E-state index is 12.2. The Balaban J connectivity index is 2.01. The molecule has 1 aromatic heterocycles. The molecule has 7 heteroatoms. The van der Waals surface area contributed by atoms with Crippen LogP contribution in [0.1, 0.15) is 10.4 Å². The first-order chi connectivity index (χ1) is 11.0. The monoisotopic (exact) mass is 397 g/mol. The average molecular weight is 399 g/mol. The molecule has 2 rings (SSSR count). The number of amides is 1. The fraction of sp³-hybridized carbons (Fsp3) is 0.250. The summed E-state index contributed by atoms with van der Waals surface area (Å²) in [6.07, 6.45) is 3.12. The molecule has 0 atom stereocenters. The lowest BCUT2D eigenvalue weighted by molar-refractivity contribution is 0.102. The molecule has 23 heavy (non-hydrogen) atoms. The minimum atomic E-state index is -0.254. The highest BCUT2D eigenvalue weighted by Crippen LogP contribution is 2.28. The van der Waals surface area contributed by atoms with Crippen LogP contribution in [0, 0.1) is 0 Å². The minimum Gasteiger partial charge on any atom is -0.491 e. The highest BCUT2D eigenvalue weighted by Gasteiger charge is 2.09. The fourth-order valence-electron chi connectivity index (χ4n) is 1.77. The van der Waals surface area contributed by atoms with Gasteiger partial charge in [-0.3, -0.25) is 9.78 Å². The second-order valence-corrected chi connectivity index (χ2v) is 6.47. The number of rotatable bonds is 6. The van der Waals surface area contributed by atoms with Gasteiger partial charge in [-0.05, 0) is 54.3 Å². The van der Waals surface area contributed by atoms with Gasteiger partial charge in [-0.25, -0.2) is 0 Å². The number of carbonyl (C=O) groups excluding carboxylic acids is 1. The first kappa shape index (κ1) is 17.7. The van der Waals surface area contributed by atoms with Gasteiger partial charge in [-0.2, -0.15) is 0 Å². The first-order valence-corrected chi connectivity index (χ1v) is 8.12. The quantitative estimate of drug-likeness (QED) is 0.806. The predicted molar refractivity (Wildman–Crippen MR) is 95.4 cm³/mol. The average Bonchev–Trinajstić information content (AvgIpc) is 2.49. The summed E-state index contributed by atoms with van der Waals surface area (Å²) < 4.78 is 6.35. The van der Waals surface area contributed by atoms with Crippen LogP contribution in [0.15, 0.2) is 41.1 Å². The van der Waals surface area contributed by atoms with E-state index >= 15 is 0 Å². The Hall–Kier alpha value is -1.63. The van der Waals surface area contributed by atoms with Crippen molar-refractivity contribution in [1.29, 1.82) is 0 Å². The van der Waals surface area contributed by atoms with E-state index in [-0.39, 0.29) is 5.91 Å². The third-order valence-electron chi connectivity index (χ3n) is 2.95. The molecule has 0 aliphatic carbocycles. The van der Waals surface area contributed by atoms with Crippen molar-refractivity contribution >= 4 is 39.1 Å². The van der Waals surface area contributed by atoms with E-state index in [1.54, 1.807) is 30.5 Å². The molecule has 0 spiro atoms. The van der Waals surface area contributed by atoms with Crippen molar-refractivity contribution < 1.29 is 9.53 Å². The topological polar surface area (TPSA) is 54.5 Å². The molecule has 0 bridgehead atoms. The van der Waals surface area contributed by atoms with E-state index < -0.39 is 0 Å². The van der Waals surface area contributed by atoms with E-state index in [9.17, 15) is 4.79 Å². The molecule has 1 amide bonds. The SMILES string of the molecule is CN(C)CCOc1ccc(NC(=O)c2cncc(Br)c2)cc1Cl. The van der Waals surface area contributed by atoms with E-state index in [1.807, 2.05) is 19.0 Å². The Bertz CT molecular complexity index is 695. The Labute approximate surface area is 148 Å². The fourth-order valence-corrected chi connectivity index (χ4v) is 2.37.